The average molecular weight is 169 g/mol. The van der Waals surface area contributed by atoms with Crippen LogP contribution in [0.3, 0.4) is 0 Å². The zero-order valence-electron chi connectivity index (χ0n) is 7.22. The molecular formula is C8H15N3O. The Bertz CT molecular complexity index is 210. The van der Waals surface area contributed by atoms with Crippen molar-refractivity contribution in [2.45, 2.75) is 25.4 Å². The Kier molecular flexibility index (Phi) is 3.25. The quantitative estimate of drug-likeness (QED) is 0.674. The predicted molar refractivity (Wildman–Crippen MR) is 46.6 cm³/mol. The number of hydrogen-bond acceptors (Lipinski definition) is 3. The average Bonchev–Trinajstić information content (AvgIpc) is 2.58. The first kappa shape index (κ1) is 9.22. The number of hydrogen-bond donors (Lipinski definition) is 2. The molecule has 0 aliphatic heterocycles. The summed E-state index contributed by atoms with van der Waals surface area (Å²) in [5.74, 6) is 0. The van der Waals surface area contributed by atoms with Gasteiger partial charge in [0.1, 0.15) is 0 Å². The Morgan fingerprint density at radius 1 is 1.67 bits per heavy atom. The molecule has 1 heterocycles. The zero-order chi connectivity index (χ0) is 8.97. The van der Waals surface area contributed by atoms with E-state index in [1.807, 2.05) is 19.2 Å². The van der Waals surface area contributed by atoms with E-state index in [9.17, 15) is 0 Å². The van der Waals surface area contributed by atoms with Gasteiger partial charge in [-0.1, -0.05) is 6.92 Å². The predicted octanol–water partition coefficient (Wildman–Crippen LogP) is 0.154. The summed E-state index contributed by atoms with van der Waals surface area (Å²) in [5, 5.41) is 13.1. The van der Waals surface area contributed by atoms with Crippen molar-refractivity contribution < 1.29 is 5.11 Å². The van der Waals surface area contributed by atoms with E-state index in [0.717, 1.165) is 6.42 Å². The smallest absolute Gasteiger partial charge is 0.0900 e. The molecular weight excluding hydrogens is 154 g/mol. The first-order valence-electron chi connectivity index (χ1n) is 4.15. The van der Waals surface area contributed by atoms with Gasteiger partial charge in [-0.05, 0) is 12.5 Å². The Hall–Kier alpha value is -0.870. The molecule has 0 radical (unpaired) electrons. The highest BCUT2D eigenvalue weighted by atomic mass is 16.3. The first-order valence-corrected chi connectivity index (χ1v) is 4.15. The summed E-state index contributed by atoms with van der Waals surface area (Å²) in [6.45, 7) is 2.04. The molecule has 0 saturated heterocycles. The van der Waals surface area contributed by atoms with Gasteiger partial charge in [-0.15, -0.1) is 0 Å². The van der Waals surface area contributed by atoms with E-state index < -0.39 is 0 Å². The Morgan fingerprint density at radius 3 is 2.83 bits per heavy atom. The Labute approximate surface area is 72.0 Å². The van der Waals surface area contributed by atoms with E-state index in [1.54, 1.807) is 10.9 Å². The molecule has 4 nitrogen and oxygen atoms in total. The summed E-state index contributed by atoms with van der Waals surface area (Å²) in [7, 11) is 0. The van der Waals surface area contributed by atoms with Gasteiger partial charge in [0.2, 0.25) is 0 Å². The van der Waals surface area contributed by atoms with Crippen LogP contribution in [0.1, 0.15) is 19.4 Å². The lowest BCUT2D eigenvalue weighted by Crippen LogP contribution is -2.34. The van der Waals surface area contributed by atoms with Gasteiger partial charge < -0.3 is 10.8 Å². The van der Waals surface area contributed by atoms with Crippen molar-refractivity contribution in [2.75, 3.05) is 6.61 Å². The number of aliphatic hydroxyl groups excluding tert-OH is 1. The van der Waals surface area contributed by atoms with Crippen molar-refractivity contribution in [1.29, 1.82) is 0 Å². The number of aliphatic hydroxyl groups is 1. The molecule has 0 aliphatic carbocycles. The minimum absolute atomic E-state index is 0.0325. The summed E-state index contributed by atoms with van der Waals surface area (Å²) in [6.07, 6.45) is 4.34. The normalized spacial score (nSPS) is 15.9. The minimum atomic E-state index is -0.0926. The van der Waals surface area contributed by atoms with Crippen molar-refractivity contribution in [2.24, 2.45) is 5.73 Å². The Morgan fingerprint density at radius 2 is 2.42 bits per heavy atom. The monoisotopic (exact) mass is 169 g/mol. The van der Waals surface area contributed by atoms with Crippen LogP contribution in [0.4, 0.5) is 0 Å². The fraction of sp³-hybridized carbons (Fsp3) is 0.625. The second-order valence-electron chi connectivity index (χ2n) is 2.81. The van der Waals surface area contributed by atoms with Crippen LogP contribution in [0, 0.1) is 0 Å². The molecule has 0 amide bonds. The number of nitrogens with zero attached hydrogens (tertiary/aromatic N) is 2. The lowest BCUT2D eigenvalue weighted by atomic mass is 10.1. The summed E-state index contributed by atoms with van der Waals surface area (Å²) in [6, 6.07) is 1.70. The zero-order valence-corrected chi connectivity index (χ0v) is 7.22. The van der Waals surface area contributed by atoms with Crippen LogP contribution < -0.4 is 5.73 Å². The van der Waals surface area contributed by atoms with Gasteiger partial charge in [0.05, 0.1) is 12.6 Å². The van der Waals surface area contributed by atoms with E-state index in [2.05, 4.69) is 5.10 Å². The van der Waals surface area contributed by atoms with Crippen LogP contribution in [0.15, 0.2) is 18.5 Å². The molecule has 2 unspecified atom stereocenters. The molecule has 0 bridgehead atoms. The highest BCUT2D eigenvalue weighted by Gasteiger charge is 2.16. The summed E-state index contributed by atoms with van der Waals surface area (Å²) >= 11 is 0. The maximum atomic E-state index is 9.06. The van der Waals surface area contributed by atoms with Gasteiger partial charge in [-0.25, -0.2) is 0 Å². The third-order valence-corrected chi connectivity index (χ3v) is 2.02. The second-order valence-corrected chi connectivity index (χ2v) is 2.81. The third kappa shape index (κ3) is 1.84. The highest BCUT2D eigenvalue weighted by Crippen LogP contribution is 2.09. The second kappa shape index (κ2) is 4.23. The van der Waals surface area contributed by atoms with Crippen molar-refractivity contribution in [3.05, 3.63) is 18.5 Å². The van der Waals surface area contributed by atoms with E-state index in [1.165, 1.54) is 0 Å². The van der Waals surface area contributed by atoms with Crippen LogP contribution >= 0.6 is 0 Å². The SMILES string of the molecule is CCC(N)C(CO)n1cccn1. The van der Waals surface area contributed by atoms with Crippen molar-refractivity contribution in [1.82, 2.24) is 9.78 Å². The molecule has 4 heteroatoms. The Balaban J connectivity index is 2.69. The molecule has 12 heavy (non-hydrogen) atoms. The van der Waals surface area contributed by atoms with Gasteiger partial charge >= 0.3 is 0 Å². The molecule has 1 rings (SSSR count). The number of rotatable bonds is 4. The van der Waals surface area contributed by atoms with Crippen molar-refractivity contribution in [3.63, 3.8) is 0 Å². The van der Waals surface area contributed by atoms with Gasteiger partial charge in [-0.2, -0.15) is 5.10 Å². The van der Waals surface area contributed by atoms with Gasteiger partial charge in [0.25, 0.3) is 0 Å². The van der Waals surface area contributed by atoms with E-state index in [4.69, 9.17) is 10.8 Å². The molecule has 0 aliphatic rings. The molecule has 0 aromatic carbocycles. The molecule has 3 N–H and O–H groups in total. The first-order chi connectivity index (χ1) is 5.79. The van der Waals surface area contributed by atoms with Crippen molar-refractivity contribution >= 4 is 0 Å². The van der Waals surface area contributed by atoms with Gasteiger partial charge in [0, 0.05) is 18.4 Å². The molecule has 0 fully saturated rings. The van der Waals surface area contributed by atoms with Crippen LogP contribution in [-0.4, -0.2) is 27.5 Å². The fourth-order valence-corrected chi connectivity index (χ4v) is 1.16. The molecule has 68 valence electrons. The standard InChI is InChI=1S/C8H15N3O/c1-2-7(9)8(6-12)11-5-3-4-10-11/h3-5,7-8,12H,2,6,9H2,1H3. The topological polar surface area (TPSA) is 64.1 Å². The van der Waals surface area contributed by atoms with E-state index >= 15 is 0 Å². The van der Waals surface area contributed by atoms with E-state index in [0.29, 0.717) is 0 Å². The summed E-state index contributed by atoms with van der Waals surface area (Å²) < 4.78 is 1.70. The lowest BCUT2D eigenvalue weighted by molar-refractivity contribution is 0.194. The largest absolute Gasteiger partial charge is 0.394 e. The molecule has 0 saturated carbocycles. The van der Waals surface area contributed by atoms with Gasteiger partial charge in [0.15, 0.2) is 0 Å². The van der Waals surface area contributed by atoms with E-state index in [-0.39, 0.29) is 18.7 Å². The maximum absolute atomic E-state index is 9.06. The maximum Gasteiger partial charge on any atom is 0.0900 e. The van der Waals surface area contributed by atoms with Crippen LogP contribution in [-0.2, 0) is 0 Å². The minimum Gasteiger partial charge on any atom is -0.394 e. The lowest BCUT2D eigenvalue weighted by Gasteiger charge is -2.20. The molecule has 0 spiro atoms. The van der Waals surface area contributed by atoms with Crippen molar-refractivity contribution in [3.8, 4) is 0 Å². The molecule has 2 atom stereocenters. The molecule has 1 aromatic heterocycles. The summed E-state index contributed by atoms with van der Waals surface area (Å²) in [4.78, 5) is 0. The van der Waals surface area contributed by atoms with Crippen LogP contribution in [0.5, 0.6) is 0 Å². The summed E-state index contributed by atoms with van der Waals surface area (Å²) in [5.41, 5.74) is 5.80. The fourth-order valence-electron chi connectivity index (χ4n) is 1.16. The number of nitrogens with two attached hydrogens (primary N) is 1. The van der Waals surface area contributed by atoms with Crippen LogP contribution in [0.25, 0.3) is 0 Å². The number of aromatic nitrogens is 2. The third-order valence-electron chi connectivity index (χ3n) is 2.02. The highest BCUT2D eigenvalue weighted by molar-refractivity contribution is 4.85. The molecule has 1 aromatic rings. The van der Waals surface area contributed by atoms with Crippen LogP contribution in [0.2, 0.25) is 0 Å². The van der Waals surface area contributed by atoms with Gasteiger partial charge in [-0.3, -0.25) is 4.68 Å².